The monoisotopic (exact) mass is 342 g/mol. The molecular weight excluding hydrogens is 336 g/mol. The van der Waals surface area contributed by atoms with Gasteiger partial charge in [-0.25, -0.2) is 4.98 Å². The van der Waals surface area contributed by atoms with E-state index in [2.05, 4.69) is 20.9 Å². The molecule has 1 aromatic carbocycles. The summed E-state index contributed by atoms with van der Waals surface area (Å²) < 4.78 is 5.95. The molecule has 0 unspecified atom stereocenters. The lowest BCUT2D eigenvalue weighted by Gasteiger charge is -2.07. The summed E-state index contributed by atoms with van der Waals surface area (Å²) >= 11 is 8.88. The van der Waals surface area contributed by atoms with Crippen molar-refractivity contribution in [1.29, 1.82) is 0 Å². The lowest BCUT2D eigenvalue weighted by molar-refractivity contribution is -0.385. The molecule has 0 bridgehead atoms. The van der Waals surface area contributed by atoms with E-state index in [0.29, 0.717) is 10.4 Å². The van der Waals surface area contributed by atoms with Gasteiger partial charge in [0.1, 0.15) is 0 Å². The third-order valence-corrected chi connectivity index (χ3v) is 3.23. The highest BCUT2D eigenvalue weighted by Crippen LogP contribution is 2.37. The molecule has 2 rings (SSSR count). The summed E-state index contributed by atoms with van der Waals surface area (Å²) in [5.74, 6) is 0.741. The number of nitro groups is 1. The first-order valence-corrected chi connectivity index (χ1v) is 6.56. The van der Waals surface area contributed by atoms with Gasteiger partial charge in [0.25, 0.3) is 0 Å². The van der Waals surface area contributed by atoms with Crippen molar-refractivity contribution in [2.45, 2.75) is 5.88 Å². The summed E-state index contributed by atoms with van der Waals surface area (Å²) in [6, 6.07) is 7.96. The van der Waals surface area contributed by atoms with Gasteiger partial charge in [0.15, 0.2) is 0 Å². The van der Waals surface area contributed by atoms with Crippen LogP contribution in [0.2, 0.25) is 0 Å². The summed E-state index contributed by atoms with van der Waals surface area (Å²) in [6.45, 7) is 0. The van der Waals surface area contributed by atoms with Crippen LogP contribution in [0, 0.1) is 10.1 Å². The second-order valence-electron chi connectivity index (χ2n) is 3.59. The number of aromatic nitrogens is 1. The highest BCUT2D eigenvalue weighted by Gasteiger charge is 2.19. The van der Waals surface area contributed by atoms with Gasteiger partial charge >= 0.3 is 5.69 Å². The van der Waals surface area contributed by atoms with Gasteiger partial charge in [-0.05, 0) is 27.6 Å². The van der Waals surface area contributed by atoms with Crippen molar-refractivity contribution in [3.05, 3.63) is 56.7 Å². The average Bonchev–Trinajstić information content (AvgIpc) is 2.41. The minimum Gasteiger partial charge on any atom is -0.431 e. The van der Waals surface area contributed by atoms with Gasteiger partial charge in [0, 0.05) is 24.2 Å². The molecule has 0 saturated heterocycles. The summed E-state index contributed by atoms with van der Waals surface area (Å²) in [5.41, 5.74) is 0.716. The summed E-state index contributed by atoms with van der Waals surface area (Å²) in [5, 5.41) is 10.9. The molecule has 1 aromatic heterocycles. The average molecular weight is 344 g/mol. The number of hydrogen-bond donors (Lipinski definition) is 0. The van der Waals surface area contributed by atoms with Gasteiger partial charge in [0.05, 0.1) is 9.40 Å². The molecule has 5 nitrogen and oxygen atoms in total. The quantitative estimate of drug-likeness (QED) is 0.472. The molecule has 0 amide bonds. The van der Waals surface area contributed by atoms with Crippen molar-refractivity contribution < 1.29 is 9.66 Å². The van der Waals surface area contributed by atoms with E-state index in [9.17, 15) is 10.1 Å². The van der Waals surface area contributed by atoms with Crippen molar-refractivity contribution in [1.82, 2.24) is 4.98 Å². The van der Waals surface area contributed by atoms with Crippen LogP contribution in [0.3, 0.4) is 0 Å². The SMILES string of the molecule is O=[N+]([O-])c1cccc(Br)c1Oc1ccc(CCl)cn1. The van der Waals surface area contributed by atoms with Gasteiger partial charge in [-0.1, -0.05) is 12.1 Å². The topological polar surface area (TPSA) is 65.3 Å². The van der Waals surface area contributed by atoms with Crippen LogP contribution in [-0.4, -0.2) is 9.91 Å². The second-order valence-corrected chi connectivity index (χ2v) is 4.71. The Morgan fingerprint density at radius 3 is 2.74 bits per heavy atom. The first-order chi connectivity index (χ1) is 9.11. The van der Waals surface area contributed by atoms with Gasteiger partial charge < -0.3 is 4.74 Å². The summed E-state index contributed by atoms with van der Waals surface area (Å²) in [7, 11) is 0. The number of pyridine rings is 1. The maximum atomic E-state index is 10.9. The number of ether oxygens (including phenoxy) is 1. The minimum absolute atomic E-state index is 0.124. The number of nitrogens with zero attached hydrogens (tertiary/aromatic N) is 2. The number of hydrogen-bond acceptors (Lipinski definition) is 4. The van der Waals surface area contributed by atoms with Gasteiger partial charge in [-0.3, -0.25) is 10.1 Å². The molecule has 19 heavy (non-hydrogen) atoms. The van der Waals surface area contributed by atoms with E-state index >= 15 is 0 Å². The number of benzene rings is 1. The summed E-state index contributed by atoms with van der Waals surface area (Å²) in [6.07, 6.45) is 1.56. The Morgan fingerprint density at radius 2 is 2.16 bits per heavy atom. The van der Waals surface area contributed by atoms with Crippen molar-refractivity contribution in [3.8, 4) is 11.6 Å². The predicted octanol–water partition coefficient (Wildman–Crippen LogP) is 4.28. The second kappa shape index (κ2) is 5.99. The van der Waals surface area contributed by atoms with E-state index in [1.54, 1.807) is 30.5 Å². The van der Waals surface area contributed by atoms with E-state index in [0.717, 1.165) is 5.56 Å². The molecule has 0 fully saturated rings. The van der Waals surface area contributed by atoms with E-state index in [1.807, 2.05) is 0 Å². The van der Waals surface area contributed by atoms with Crippen LogP contribution >= 0.6 is 27.5 Å². The first kappa shape index (κ1) is 13.8. The zero-order valence-corrected chi connectivity index (χ0v) is 11.9. The smallest absolute Gasteiger partial charge is 0.312 e. The van der Waals surface area contributed by atoms with Crippen LogP contribution in [0.4, 0.5) is 5.69 Å². The predicted molar refractivity (Wildman–Crippen MR) is 74.7 cm³/mol. The third kappa shape index (κ3) is 3.21. The van der Waals surface area contributed by atoms with Crippen LogP contribution in [0.15, 0.2) is 41.0 Å². The standard InChI is InChI=1S/C12H8BrClN2O3/c13-9-2-1-3-10(16(17)18)12(9)19-11-5-4-8(6-14)7-15-11/h1-5,7H,6H2. The highest BCUT2D eigenvalue weighted by atomic mass is 79.9. The summed E-state index contributed by atoms with van der Waals surface area (Å²) in [4.78, 5) is 14.5. The van der Waals surface area contributed by atoms with Crippen molar-refractivity contribution in [2.24, 2.45) is 0 Å². The van der Waals surface area contributed by atoms with E-state index in [1.165, 1.54) is 6.07 Å². The zero-order valence-electron chi connectivity index (χ0n) is 9.55. The molecule has 0 spiro atoms. The normalized spacial score (nSPS) is 10.2. The molecular formula is C12H8BrClN2O3. The lowest BCUT2D eigenvalue weighted by atomic mass is 10.3. The Hall–Kier alpha value is -1.66. The van der Waals surface area contributed by atoms with Gasteiger partial charge in [-0.15, -0.1) is 11.6 Å². The molecule has 0 aliphatic heterocycles. The molecule has 1 heterocycles. The van der Waals surface area contributed by atoms with Crippen LogP contribution in [0.1, 0.15) is 5.56 Å². The largest absolute Gasteiger partial charge is 0.431 e. The number of alkyl halides is 1. The maximum absolute atomic E-state index is 10.9. The van der Waals surface area contributed by atoms with Crippen LogP contribution in [0.5, 0.6) is 11.6 Å². The van der Waals surface area contributed by atoms with Crippen LogP contribution in [0.25, 0.3) is 0 Å². The lowest BCUT2D eigenvalue weighted by Crippen LogP contribution is -1.95. The van der Waals surface area contributed by atoms with Crippen molar-refractivity contribution in [2.75, 3.05) is 0 Å². The number of nitro benzene ring substituents is 1. The molecule has 0 aliphatic rings. The van der Waals surface area contributed by atoms with Gasteiger partial charge in [-0.2, -0.15) is 0 Å². The fraction of sp³-hybridized carbons (Fsp3) is 0.0833. The zero-order chi connectivity index (χ0) is 13.8. The van der Waals surface area contributed by atoms with Crippen molar-refractivity contribution in [3.63, 3.8) is 0 Å². The molecule has 0 N–H and O–H groups in total. The van der Waals surface area contributed by atoms with Crippen LogP contribution in [-0.2, 0) is 5.88 Å². The van der Waals surface area contributed by atoms with Crippen molar-refractivity contribution >= 4 is 33.2 Å². The highest BCUT2D eigenvalue weighted by molar-refractivity contribution is 9.10. The van der Waals surface area contributed by atoms with E-state index < -0.39 is 4.92 Å². The number of halogens is 2. The minimum atomic E-state index is -0.507. The third-order valence-electron chi connectivity index (χ3n) is 2.30. The Kier molecular flexibility index (Phi) is 4.34. The number of para-hydroxylation sites is 1. The molecule has 0 radical (unpaired) electrons. The Labute approximate surface area is 122 Å². The molecule has 0 saturated carbocycles. The van der Waals surface area contributed by atoms with Crippen LogP contribution < -0.4 is 4.74 Å². The molecule has 7 heteroatoms. The molecule has 98 valence electrons. The van der Waals surface area contributed by atoms with E-state index in [4.69, 9.17) is 16.3 Å². The van der Waals surface area contributed by atoms with E-state index in [-0.39, 0.29) is 17.3 Å². The molecule has 0 aliphatic carbocycles. The van der Waals surface area contributed by atoms with Gasteiger partial charge in [0.2, 0.25) is 11.6 Å². The molecule has 0 atom stereocenters. The first-order valence-electron chi connectivity index (χ1n) is 5.23. The number of rotatable bonds is 4. The fourth-order valence-electron chi connectivity index (χ4n) is 1.40. The molecule has 2 aromatic rings. The Balaban J connectivity index is 2.34. The maximum Gasteiger partial charge on any atom is 0.312 e. The fourth-order valence-corrected chi connectivity index (χ4v) is 1.99. The Morgan fingerprint density at radius 1 is 1.37 bits per heavy atom. The Bertz CT molecular complexity index is 604.